The second-order valence-electron chi connectivity index (χ2n) is 5.08. The molecule has 0 bridgehead atoms. The number of benzene rings is 1. The van der Waals surface area contributed by atoms with Crippen molar-refractivity contribution in [2.45, 2.75) is 38.1 Å². The molecule has 0 aromatic heterocycles. The number of para-hydroxylation sites is 2. The van der Waals surface area contributed by atoms with Crippen molar-refractivity contribution in [2.24, 2.45) is 0 Å². The number of hydrazine groups is 1. The third-order valence-electron chi connectivity index (χ3n) is 3.73. The van der Waals surface area contributed by atoms with Crippen molar-refractivity contribution in [3.05, 3.63) is 24.3 Å². The van der Waals surface area contributed by atoms with Crippen molar-refractivity contribution in [2.75, 3.05) is 16.9 Å². The molecule has 2 fully saturated rings. The first-order valence-corrected chi connectivity index (χ1v) is 6.75. The summed E-state index contributed by atoms with van der Waals surface area (Å²) in [5.74, 6) is 0.102. The fourth-order valence-corrected chi connectivity index (χ4v) is 2.78. The second kappa shape index (κ2) is 4.88. The van der Waals surface area contributed by atoms with E-state index in [-0.39, 0.29) is 5.91 Å². The van der Waals surface area contributed by atoms with Gasteiger partial charge < -0.3 is 5.32 Å². The van der Waals surface area contributed by atoms with E-state index < -0.39 is 0 Å². The molecule has 1 saturated carbocycles. The molecule has 0 radical (unpaired) electrons. The lowest BCUT2D eigenvalue weighted by molar-refractivity contribution is -0.119. The molecule has 1 aliphatic heterocycles. The van der Waals surface area contributed by atoms with Gasteiger partial charge in [0.15, 0.2) is 0 Å². The Balaban J connectivity index is 1.78. The largest absolute Gasteiger partial charge is 0.381 e. The summed E-state index contributed by atoms with van der Waals surface area (Å²) in [5.41, 5.74) is 5.10. The molecule has 0 unspecified atom stereocenters. The maximum absolute atomic E-state index is 11.3. The molecule has 18 heavy (non-hydrogen) atoms. The molecule has 1 saturated heterocycles. The van der Waals surface area contributed by atoms with Gasteiger partial charge in [-0.25, -0.2) is 0 Å². The van der Waals surface area contributed by atoms with Gasteiger partial charge in [-0.05, 0) is 25.0 Å². The van der Waals surface area contributed by atoms with Gasteiger partial charge in [0, 0.05) is 19.0 Å². The highest BCUT2D eigenvalue weighted by atomic mass is 16.2. The molecule has 4 nitrogen and oxygen atoms in total. The van der Waals surface area contributed by atoms with Crippen molar-refractivity contribution >= 4 is 17.3 Å². The van der Waals surface area contributed by atoms with E-state index in [1.165, 1.54) is 25.7 Å². The summed E-state index contributed by atoms with van der Waals surface area (Å²) < 4.78 is 0. The van der Waals surface area contributed by atoms with Crippen molar-refractivity contribution in [3.63, 3.8) is 0 Å². The third kappa shape index (κ3) is 2.28. The van der Waals surface area contributed by atoms with Gasteiger partial charge in [0.1, 0.15) is 0 Å². The molecule has 1 aromatic rings. The lowest BCUT2D eigenvalue weighted by atomic mass is 10.2. The quantitative estimate of drug-likeness (QED) is 0.858. The van der Waals surface area contributed by atoms with Gasteiger partial charge in [0.05, 0.1) is 11.4 Å². The first kappa shape index (κ1) is 11.4. The number of rotatable bonds is 3. The van der Waals surface area contributed by atoms with Crippen LogP contribution >= 0.6 is 0 Å². The zero-order valence-electron chi connectivity index (χ0n) is 10.5. The predicted molar refractivity (Wildman–Crippen MR) is 72.4 cm³/mol. The fraction of sp³-hybridized carbons (Fsp3) is 0.500. The van der Waals surface area contributed by atoms with Crippen LogP contribution in [0, 0.1) is 0 Å². The van der Waals surface area contributed by atoms with E-state index in [4.69, 9.17) is 0 Å². The van der Waals surface area contributed by atoms with Crippen molar-refractivity contribution in [3.8, 4) is 0 Å². The minimum absolute atomic E-state index is 0.102. The highest BCUT2D eigenvalue weighted by Gasteiger charge is 2.22. The van der Waals surface area contributed by atoms with Crippen LogP contribution in [0.4, 0.5) is 11.4 Å². The molecular formula is C14H19N3O. The number of nitrogens with one attached hydrogen (secondary N) is 2. The Morgan fingerprint density at radius 3 is 2.72 bits per heavy atom. The molecule has 1 aromatic carbocycles. The highest BCUT2D eigenvalue weighted by Crippen LogP contribution is 2.29. The maximum Gasteiger partial charge on any atom is 0.240 e. The Morgan fingerprint density at radius 1 is 1.22 bits per heavy atom. The fourth-order valence-electron chi connectivity index (χ4n) is 2.78. The highest BCUT2D eigenvalue weighted by molar-refractivity contribution is 5.84. The van der Waals surface area contributed by atoms with Gasteiger partial charge >= 0.3 is 0 Å². The van der Waals surface area contributed by atoms with Gasteiger partial charge in [0.25, 0.3) is 0 Å². The van der Waals surface area contributed by atoms with Gasteiger partial charge in [-0.2, -0.15) is 0 Å². The van der Waals surface area contributed by atoms with E-state index in [0.29, 0.717) is 12.5 Å². The lowest BCUT2D eigenvalue weighted by Crippen LogP contribution is -2.33. The number of carbonyl (C=O) groups is 1. The normalized spacial score (nSPS) is 20.2. The summed E-state index contributed by atoms with van der Waals surface area (Å²) in [5, 5.41) is 5.55. The average molecular weight is 245 g/mol. The Morgan fingerprint density at radius 2 is 2.00 bits per heavy atom. The summed E-state index contributed by atoms with van der Waals surface area (Å²) in [6, 6.07) is 8.80. The van der Waals surface area contributed by atoms with Gasteiger partial charge in [-0.15, -0.1) is 0 Å². The van der Waals surface area contributed by atoms with E-state index in [1.807, 2.05) is 17.1 Å². The minimum Gasteiger partial charge on any atom is -0.381 e. The number of hydrogen-bond donors (Lipinski definition) is 2. The average Bonchev–Trinajstić information content (AvgIpc) is 3.02. The van der Waals surface area contributed by atoms with Crippen LogP contribution in [0.5, 0.6) is 0 Å². The predicted octanol–water partition coefficient (Wildman–Crippen LogP) is 2.28. The molecule has 0 spiro atoms. The van der Waals surface area contributed by atoms with Crippen LogP contribution in [0.1, 0.15) is 32.1 Å². The first-order valence-electron chi connectivity index (χ1n) is 6.75. The Bertz CT molecular complexity index is 440. The van der Waals surface area contributed by atoms with Gasteiger partial charge in [0.2, 0.25) is 5.91 Å². The Kier molecular flexibility index (Phi) is 3.09. The maximum atomic E-state index is 11.3. The molecule has 1 amide bonds. The van der Waals surface area contributed by atoms with Gasteiger partial charge in [-0.3, -0.25) is 15.2 Å². The number of nitrogens with zero attached hydrogens (tertiary/aromatic N) is 1. The number of carbonyl (C=O) groups excluding carboxylic acids is 1. The molecule has 3 rings (SSSR count). The van der Waals surface area contributed by atoms with Gasteiger partial charge in [-0.1, -0.05) is 25.0 Å². The monoisotopic (exact) mass is 245 g/mol. The van der Waals surface area contributed by atoms with Crippen LogP contribution in [-0.4, -0.2) is 18.5 Å². The zero-order valence-corrected chi connectivity index (χ0v) is 10.5. The Hall–Kier alpha value is -1.71. The van der Waals surface area contributed by atoms with Crippen molar-refractivity contribution in [1.82, 2.24) is 5.43 Å². The van der Waals surface area contributed by atoms with Crippen LogP contribution in [0.2, 0.25) is 0 Å². The van der Waals surface area contributed by atoms with E-state index in [1.54, 1.807) is 0 Å². The van der Waals surface area contributed by atoms with E-state index in [2.05, 4.69) is 22.9 Å². The molecular weight excluding hydrogens is 226 g/mol. The number of hydrogen-bond acceptors (Lipinski definition) is 3. The molecule has 2 N–H and O–H groups in total. The summed E-state index contributed by atoms with van der Waals surface area (Å²) >= 11 is 0. The molecule has 4 heteroatoms. The SMILES string of the molecule is O=C1CCN(c2ccccc2NC2CCCC2)N1. The standard InChI is InChI=1S/C14H19N3O/c18-14-9-10-17(16-14)13-8-4-3-7-12(13)15-11-5-1-2-6-11/h3-4,7-8,11,15H,1-2,5-6,9-10H2,(H,16,18). The first-order chi connectivity index (χ1) is 8.83. The number of amides is 1. The van der Waals surface area contributed by atoms with E-state index >= 15 is 0 Å². The molecule has 1 heterocycles. The van der Waals surface area contributed by atoms with Crippen LogP contribution < -0.4 is 15.8 Å². The van der Waals surface area contributed by atoms with E-state index in [0.717, 1.165) is 17.9 Å². The Labute approximate surface area is 107 Å². The molecule has 2 aliphatic rings. The summed E-state index contributed by atoms with van der Waals surface area (Å²) in [6.45, 7) is 0.752. The van der Waals surface area contributed by atoms with Crippen LogP contribution in [0.25, 0.3) is 0 Å². The van der Waals surface area contributed by atoms with Crippen molar-refractivity contribution in [1.29, 1.82) is 0 Å². The van der Waals surface area contributed by atoms with Crippen LogP contribution in [0.15, 0.2) is 24.3 Å². The third-order valence-corrected chi connectivity index (χ3v) is 3.73. The van der Waals surface area contributed by atoms with Crippen LogP contribution in [-0.2, 0) is 4.79 Å². The van der Waals surface area contributed by atoms with Crippen molar-refractivity contribution < 1.29 is 4.79 Å². The smallest absolute Gasteiger partial charge is 0.240 e. The summed E-state index contributed by atoms with van der Waals surface area (Å²) in [4.78, 5) is 11.3. The number of anilines is 2. The second-order valence-corrected chi connectivity index (χ2v) is 5.08. The topological polar surface area (TPSA) is 44.4 Å². The lowest BCUT2D eigenvalue weighted by Gasteiger charge is -2.23. The summed E-state index contributed by atoms with van der Waals surface area (Å²) in [7, 11) is 0. The summed E-state index contributed by atoms with van der Waals surface area (Å²) in [6.07, 6.45) is 5.72. The molecule has 0 atom stereocenters. The van der Waals surface area contributed by atoms with E-state index in [9.17, 15) is 4.79 Å². The zero-order chi connectivity index (χ0) is 12.4. The molecule has 96 valence electrons. The minimum atomic E-state index is 0.102. The van der Waals surface area contributed by atoms with Crippen LogP contribution in [0.3, 0.4) is 0 Å². The molecule has 1 aliphatic carbocycles.